The van der Waals surface area contributed by atoms with E-state index in [9.17, 15) is 14.4 Å². The molecule has 0 radical (unpaired) electrons. The van der Waals surface area contributed by atoms with Gasteiger partial charge in [-0.15, -0.1) is 0 Å². The molecule has 32 heavy (non-hydrogen) atoms. The molecule has 3 amide bonds. The number of unbranched alkanes of at least 4 members (excludes halogenated alkanes) is 2. The molecule has 3 unspecified atom stereocenters. The summed E-state index contributed by atoms with van der Waals surface area (Å²) >= 11 is 0. The van der Waals surface area contributed by atoms with Gasteiger partial charge >= 0.3 is 0 Å². The molecule has 2 bridgehead atoms. The van der Waals surface area contributed by atoms with Crippen LogP contribution in [-0.4, -0.2) is 71.2 Å². The van der Waals surface area contributed by atoms with Crippen LogP contribution >= 0.6 is 0 Å². The number of hydrogen-bond donors (Lipinski definition) is 3. The smallest absolute Gasteiger partial charge is 0.246 e. The first-order valence-electron chi connectivity index (χ1n) is 12.4. The van der Waals surface area contributed by atoms with Crippen LogP contribution in [0.3, 0.4) is 0 Å². The van der Waals surface area contributed by atoms with E-state index in [4.69, 9.17) is 9.84 Å². The van der Waals surface area contributed by atoms with Crippen molar-refractivity contribution >= 4 is 17.7 Å². The summed E-state index contributed by atoms with van der Waals surface area (Å²) in [6, 6.07) is -0.575. The molecule has 0 aromatic rings. The summed E-state index contributed by atoms with van der Waals surface area (Å²) in [5.41, 5.74) is -1.72. The van der Waals surface area contributed by atoms with Gasteiger partial charge in [0, 0.05) is 26.2 Å². The van der Waals surface area contributed by atoms with Crippen molar-refractivity contribution in [3.05, 3.63) is 0 Å². The molecule has 8 nitrogen and oxygen atoms in total. The highest BCUT2D eigenvalue weighted by molar-refractivity contribution is 5.99. The standard InChI is InChI=1S/C24H39N3O5/c1-15-14-24-18(17(20(29)25-3)23(15,2)32-24)22(31)27(12-8-5-9-13-28)19(24)21(30)26-16-10-6-4-7-11-16/h15-19,28H,4-14H2,1-3H3,(H,25,29)(H,26,30)/t15?,17-,18+,19?,23+,24?/m1/s1. The number of nitrogens with zero attached hydrogens (tertiary/aromatic N) is 1. The average Bonchev–Trinajstić information content (AvgIpc) is 3.28. The van der Waals surface area contributed by atoms with Crippen LogP contribution < -0.4 is 10.6 Å². The maximum Gasteiger partial charge on any atom is 0.246 e. The molecule has 4 fully saturated rings. The molecule has 8 heteroatoms. The highest BCUT2D eigenvalue weighted by atomic mass is 16.5. The summed E-state index contributed by atoms with van der Waals surface area (Å²) in [5.74, 6) is -1.63. The lowest BCUT2D eigenvalue weighted by Gasteiger charge is -2.36. The molecule has 3 aliphatic heterocycles. The SMILES string of the molecule is CNC(=O)[C@H]1[C@H]2C(=O)N(CCCCCO)C(C(=O)NC3CCCCC3)C23CC(C)[C@]1(C)O3. The van der Waals surface area contributed by atoms with Gasteiger partial charge in [0.15, 0.2) is 0 Å². The summed E-state index contributed by atoms with van der Waals surface area (Å²) in [7, 11) is 1.59. The number of rotatable bonds is 8. The lowest BCUT2D eigenvalue weighted by molar-refractivity contribution is -0.147. The fourth-order valence-corrected chi connectivity index (χ4v) is 6.93. The van der Waals surface area contributed by atoms with Gasteiger partial charge in [0.25, 0.3) is 0 Å². The van der Waals surface area contributed by atoms with Crippen LogP contribution in [0.1, 0.15) is 71.6 Å². The van der Waals surface area contributed by atoms with E-state index >= 15 is 0 Å². The molecule has 180 valence electrons. The third-order valence-electron chi connectivity index (χ3n) is 8.60. The van der Waals surface area contributed by atoms with E-state index in [-0.39, 0.29) is 36.3 Å². The summed E-state index contributed by atoms with van der Waals surface area (Å²) in [6.45, 7) is 4.55. The van der Waals surface area contributed by atoms with Gasteiger partial charge < -0.3 is 25.4 Å². The number of carbonyl (C=O) groups excluding carboxylic acids is 3. The zero-order valence-corrected chi connectivity index (χ0v) is 19.7. The van der Waals surface area contributed by atoms with E-state index < -0.39 is 29.1 Å². The van der Waals surface area contributed by atoms with E-state index in [1.165, 1.54) is 6.42 Å². The molecule has 1 spiro atoms. The van der Waals surface area contributed by atoms with Gasteiger partial charge in [-0.1, -0.05) is 26.2 Å². The van der Waals surface area contributed by atoms with Crippen molar-refractivity contribution in [2.24, 2.45) is 17.8 Å². The van der Waals surface area contributed by atoms with Crippen molar-refractivity contribution in [2.75, 3.05) is 20.2 Å². The predicted molar refractivity (Wildman–Crippen MR) is 119 cm³/mol. The van der Waals surface area contributed by atoms with Gasteiger partial charge in [-0.25, -0.2) is 0 Å². The zero-order valence-electron chi connectivity index (χ0n) is 19.7. The van der Waals surface area contributed by atoms with E-state index in [0.717, 1.165) is 32.1 Å². The normalized spacial score (nSPS) is 38.8. The number of hydrogen-bond acceptors (Lipinski definition) is 5. The largest absolute Gasteiger partial charge is 0.396 e. The van der Waals surface area contributed by atoms with Crippen LogP contribution in [0.4, 0.5) is 0 Å². The number of carbonyl (C=O) groups is 3. The fourth-order valence-electron chi connectivity index (χ4n) is 6.93. The highest BCUT2D eigenvalue weighted by Gasteiger charge is 2.79. The molecule has 3 saturated heterocycles. The molecule has 4 rings (SSSR count). The zero-order chi connectivity index (χ0) is 23.1. The average molecular weight is 450 g/mol. The lowest BCUT2D eigenvalue weighted by Crippen LogP contribution is -2.57. The van der Waals surface area contributed by atoms with E-state index in [0.29, 0.717) is 25.8 Å². The van der Waals surface area contributed by atoms with Crippen LogP contribution in [0.2, 0.25) is 0 Å². The Morgan fingerprint density at radius 1 is 1.16 bits per heavy atom. The number of aliphatic hydroxyl groups is 1. The van der Waals surface area contributed by atoms with Crippen molar-refractivity contribution in [1.29, 1.82) is 0 Å². The molecule has 6 atom stereocenters. The van der Waals surface area contributed by atoms with E-state index in [2.05, 4.69) is 17.6 Å². The maximum absolute atomic E-state index is 13.8. The Morgan fingerprint density at radius 2 is 1.88 bits per heavy atom. The van der Waals surface area contributed by atoms with Gasteiger partial charge in [0.1, 0.15) is 11.6 Å². The van der Waals surface area contributed by atoms with Crippen molar-refractivity contribution in [2.45, 2.75) is 94.9 Å². The van der Waals surface area contributed by atoms with Crippen LogP contribution in [-0.2, 0) is 19.1 Å². The Morgan fingerprint density at radius 3 is 2.53 bits per heavy atom. The Kier molecular flexibility index (Phi) is 6.56. The molecular weight excluding hydrogens is 410 g/mol. The second-order valence-corrected chi connectivity index (χ2v) is 10.5. The number of nitrogens with one attached hydrogen (secondary N) is 2. The van der Waals surface area contributed by atoms with E-state index in [1.54, 1.807) is 11.9 Å². The third kappa shape index (κ3) is 3.54. The maximum atomic E-state index is 13.8. The quantitative estimate of drug-likeness (QED) is 0.485. The van der Waals surface area contributed by atoms with Gasteiger partial charge in [-0.2, -0.15) is 0 Å². The van der Waals surface area contributed by atoms with Crippen LogP contribution in [0, 0.1) is 17.8 Å². The Bertz CT molecular complexity index is 754. The molecule has 0 aromatic carbocycles. The van der Waals surface area contributed by atoms with Gasteiger partial charge in [0.2, 0.25) is 17.7 Å². The highest BCUT2D eigenvalue weighted by Crippen LogP contribution is 2.65. The monoisotopic (exact) mass is 449 g/mol. The molecule has 4 aliphatic rings. The minimum absolute atomic E-state index is 0.0631. The van der Waals surface area contributed by atoms with E-state index in [1.807, 2.05) is 6.92 Å². The van der Waals surface area contributed by atoms with Crippen LogP contribution in [0.15, 0.2) is 0 Å². The molecule has 3 N–H and O–H groups in total. The molecule has 3 heterocycles. The van der Waals surface area contributed by atoms with Crippen molar-refractivity contribution < 1.29 is 24.2 Å². The van der Waals surface area contributed by atoms with Gasteiger partial charge in [-0.05, 0) is 51.4 Å². The number of ether oxygens (including phenoxy) is 1. The Balaban J connectivity index is 1.66. The second-order valence-electron chi connectivity index (χ2n) is 10.5. The number of fused-ring (bicyclic) bond motifs is 1. The number of aliphatic hydroxyl groups excluding tert-OH is 1. The first-order valence-corrected chi connectivity index (χ1v) is 12.4. The summed E-state index contributed by atoms with van der Waals surface area (Å²) in [5, 5.41) is 15.1. The first kappa shape index (κ1) is 23.5. The fraction of sp³-hybridized carbons (Fsp3) is 0.875. The van der Waals surface area contributed by atoms with Crippen molar-refractivity contribution in [3.63, 3.8) is 0 Å². The molecule has 1 aliphatic carbocycles. The first-order chi connectivity index (χ1) is 15.3. The number of amides is 3. The van der Waals surface area contributed by atoms with Crippen molar-refractivity contribution in [3.8, 4) is 0 Å². The minimum atomic E-state index is -0.960. The Hall–Kier alpha value is -1.67. The summed E-state index contributed by atoms with van der Waals surface area (Å²) < 4.78 is 6.65. The molecule has 0 aromatic heterocycles. The lowest BCUT2D eigenvalue weighted by atomic mass is 9.62. The summed E-state index contributed by atoms with van der Waals surface area (Å²) in [6.07, 6.45) is 8.11. The predicted octanol–water partition coefficient (Wildman–Crippen LogP) is 1.35. The van der Waals surface area contributed by atoms with Gasteiger partial charge in [-0.3, -0.25) is 14.4 Å². The number of likely N-dealkylation sites (tertiary alicyclic amines) is 1. The van der Waals surface area contributed by atoms with Crippen LogP contribution in [0.25, 0.3) is 0 Å². The van der Waals surface area contributed by atoms with Crippen LogP contribution in [0.5, 0.6) is 0 Å². The van der Waals surface area contributed by atoms with Crippen molar-refractivity contribution in [1.82, 2.24) is 15.5 Å². The Labute approximate surface area is 190 Å². The van der Waals surface area contributed by atoms with Gasteiger partial charge in [0.05, 0.1) is 17.4 Å². The summed E-state index contributed by atoms with van der Waals surface area (Å²) in [4.78, 5) is 42.1. The third-order valence-corrected chi connectivity index (χ3v) is 8.60. The molecular formula is C24H39N3O5. The topological polar surface area (TPSA) is 108 Å². The molecule has 1 saturated carbocycles. The minimum Gasteiger partial charge on any atom is -0.396 e. The second kappa shape index (κ2) is 8.93.